The van der Waals surface area contributed by atoms with E-state index >= 15 is 0 Å². The van der Waals surface area contributed by atoms with E-state index in [0.29, 0.717) is 16.5 Å². The maximum Gasteiger partial charge on any atom is 0.331 e. The van der Waals surface area contributed by atoms with Crippen LogP contribution in [-0.4, -0.2) is 22.9 Å². The van der Waals surface area contributed by atoms with Gasteiger partial charge in [-0.1, -0.05) is 38.1 Å². The molecule has 1 aromatic heterocycles. The first-order valence-corrected chi connectivity index (χ1v) is 9.19. The Morgan fingerprint density at radius 3 is 2.26 bits per heavy atom. The summed E-state index contributed by atoms with van der Waals surface area (Å²) in [5, 5.41) is 11.8. The van der Waals surface area contributed by atoms with Crippen molar-refractivity contribution in [2.24, 2.45) is 5.73 Å². The number of anilines is 1. The number of primary amides is 1. The number of hydrogen-bond acceptors (Lipinski definition) is 4. The van der Waals surface area contributed by atoms with Crippen LogP contribution in [0, 0.1) is 6.92 Å². The first kappa shape index (κ1) is 20.4. The van der Waals surface area contributed by atoms with E-state index in [1.807, 2.05) is 31.2 Å². The van der Waals surface area contributed by atoms with Gasteiger partial charge in [0.25, 0.3) is 5.91 Å². The lowest BCUT2D eigenvalue weighted by molar-refractivity contribution is -0.132. The quantitative estimate of drug-likeness (QED) is 0.654. The van der Waals surface area contributed by atoms with Crippen molar-refractivity contribution < 1.29 is 19.5 Å². The monoisotopic (exact) mass is 386 g/mol. The Morgan fingerprint density at radius 1 is 1.19 bits per heavy atom. The lowest BCUT2D eigenvalue weighted by atomic mass is 9.96. The molecule has 0 fully saturated rings. The minimum atomic E-state index is -1.19. The number of nitrogens with one attached hydrogen (secondary N) is 1. The van der Waals surface area contributed by atoms with Gasteiger partial charge in [0.2, 0.25) is 5.91 Å². The van der Waals surface area contributed by atoms with E-state index in [0.717, 1.165) is 16.5 Å². The largest absolute Gasteiger partial charge is 0.478 e. The predicted molar refractivity (Wildman–Crippen MR) is 107 cm³/mol. The summed E-state index contributed by atoms with van der Waals surface area (Å²) in [4.78, 5) is 35.9. The maximum atomic E-state index is 12.1. The Labute approximate surface area is 161 Å². The number of carboxylic acid groups (broad SMARTS) is 1. The summed E-state index contributed by atoms with van der Waals surface area (Å²) in [5.74, 6) is -2.08. The van der Waals surface area contributed by atoms with Crippen molar-refractivity contribution in [2.45, 2.75) is 33.6 Å². The molecule has 1 aromatic carbocycles. The zero-order valence-corrected chi connectivity index (χ0v) is 16.4. The van der Waals surface area contributed by atoms with Crippen LogP contribution in [0.15, 0.2) is 35.9 Å². The van der Waals surface area contributed by atoms with E-state index in [1.54, 1.807) is 0 Å². The highest BCUT2D eigenvalue weighted by Crippen LogP contribution is 2.40. The molecule has 0 radical (unpaired) electrons. The number of rotatable bonds is 6. The van der Waals surface area contributed by atoms with E-state index in [1.165, 1.54) is 23.8 Å². The number of nitrogens with two attached hydrogens (primary N) is 1. The number of amides is 2. The molecule has 0 atom stereocenters. The topological polar surface area (TPSA) is 109 Å². The molecule has 0 aliphatic carbocycles. The highest BCUT2D eigenvalue weighted by Gasteiger charge is 2.22. The molecule has 2 aromatic rings. The Morgan fingerprint density at radius 2 is 1.78 bits per heavy atom. The maximum absolute atomic E-state index is 12.1. The number of benzene rings is 1. The number of hydrogen-bond donors (Lipinski definition) is 3. The van der Waals surface area contributed by atoms with Gasteiger partial charge in [0.1, 0.15) is 5.00 Å². The average molecular weight is 386 g/mol. The van der Waals surface area contributed by atoms with E-state index in [4.69, 9.17) is 10.8 Å². The van der Waals surface area contributed by atoms with Crippen molar-refractivity contribution >= 4 is 34.1 Å². The van der Waals surface area contributed by atoms with Crippen molar-refractivity contribution in [3.8, 4) is 11.1 Å². The zero-order valence-electron chi connectivity index (χ0n) is 15.6. The summed E-state index contributed by atoms with van der Waals surface area (Å²) < 4.78 is 0. The second-order valence-electron chi connectivity index (χ2n) is 6.50. The minimum absolute atomic E-state index is 0.106. The Hall–Kier alpha value is -2.93. The average Bonchev–Trinajstić information content (AvgIpc) is 2.90. The molecular formula is C20H22N2O4S. The molecule has 2 amide bonds. The van der Waals surface area contributed by atoms with Crippen LogP contribution in [0.1, 0.15) is 47.5 Å². The van der Waals surface area contributed by atoms with Gasteiger partial charge in [-0.15, -0.1) is 11.3 Å². The summed E-state index contributed by atoms with van der Waals surface area (Å²) >= 11 is 1.23. The second-order valence-corrected chi connectivity index (χ2v) is 7.72. The number of carboxylic acids is 1. The smallest absolute Gasteiger partial charge is 0.331 e. The number of thiophene rings is 1. The minimum Gasteiger partial charge on any atom is -0.478 e. The fraction of sp³-hybridized carbons (Fsp3) is 0.250. The van der Waals surface area contributed by atoms with Gasteiger partial charge in [0.15, 0.2) is 0 Å². The SMILES string of the molecule is C/C(=C/C(=O)Nc1sc(C)c(-c2ccc(C(C)C)cc2)c1C(N)=O)C(=O)O. The Kier molecular flexibility index (Phi) is 6.17. The van der Waals surface area contributed by atoms with Gasteiger partial charge < -0.3 is 16.2 Å². The third-order valence-corrected chi connectivity index (χ3v) is 5.14. The lowest BCUT2D eigenvalue weighted by Gasteiger charge is -2.09. The third-order valence-electron chi connectivity index (χ3n) is 4.12. The van der Waals surface area contributed by atoms with Crippen LogP contribution >= 0.6 is 11.3 Å². The number of aliphatic carboxylic acids is 1. The predicted octanol–water partition coefficient (Wildman–Crippen LogP) is 3.92. The highest BCUT2D eigenvalue weighted by molar-refractivity contribution is 7.17. The van der Waals surface area contributed by atoms with E-state index in [9.17, 15) is 14.4 Å². The molecule has 0 aliphatic rings. The number of carbonyl (C=O) groups is 3. The van der Waals surface area contributed by atoms with Crippen molar-refractivity contribution in [3.05, 3.63) is 51.9 Å². The standard InChI is InChI=1S/C20H22N2O4S/c1-10(2)13-5-7-14(8-6-13)16-12(4)27-19(17(16)18(21)24)22-15(23)9-11(3)20(25)26/h5-10H,1-4H3,(H2,21,24)(H,22,23)(H,25,26)/b11-9-. The molecule has 0 saturated carbocycles. The van der Waals surface area contributed by atoms with Crippen molar-refractivity contribution in [3.63, 3.8) is 0 Å². The van der Waals surface area contributed by atoms with Crippen molar-refractivity contribution in [1.82, 2.24) is 0 Å². The Balaban J connectivity index is 2.46. The van der Waals surface area contributed by atoms with Gasteiger partial charge >= 0.3 is 5.97 Å². The van der Waals surface area contributed by atoms with Crippen LogP contribution in [-0.2, 0) is 9.59 Å². The first-order valence-electron chi connectivity index (χ1n) is 8.37. The van der Waals surface area contributed by atoms with Crippen molar-refractivity contribution in [1.29, 1.82) is 0 Å². The van der Waals surface area contributed by atoms with E-state index < -0.39 is 17.8 Å². The van der Waals surface area contributed by atoms with Gasteiger partial charge in [-0.05, 0) is 30.9 Å². The summed E-state index contributed by atoms with van der Waals surface area (Å²) in [7, 11) is 0. The molecule has 0 spiro atoms. The van der Waals surface area contributed by atoms with Gasteiger partial charge in [-0.2, -0.15) is 0 Å². The molecular weight excluding hydrogens is 364 g/mol. The van der Waals surface area contributed by atoms with Crippen LogP contribution in [0.5, 0.6) is 0 Å². The summed E-state index contributed by atoms with van der Waals surface area (Å²) in [6.07, 6.45) is 0.971. The first-order chi connectivity index (χ1) is 12.6. The van der Waals surface area contributed by atoms with Crippen LogP contribution in [0.2, 0.25) is 0 Å². The molecule has 0 saturated heterocycles. The number of carbonyl (C=O) groups excluding carboxylic acids is 2. The number of aryl methyl sites for hydroxylation is 1. The molecule has 27 heavy (non-hydrogen) atoms. The normalized spacial score (nSPS) is 11.5. The van der Waals surface area contributed by atoms with Gasteiger partial charge in [-0.3, -0.25) is 9.59 Å². The summed E-state index contributed by atoms with van der Waals surface area (Å²) in [5.41, 5.74) is 8.38. The molecule has 142 valence electrons. The molecule has 0 aliphatic heterocycles. The van der Waals surface area contributed by atoms with Crippen LogP contribution in [0.25, 0.3) is 11.1 Å². The van der Waals surface area contributed by atoms with Crippen LogP contribution in [0.4, 0.5) is 5.00 Å². The summed E-state index contributed by atoms with van der Waals surface area (Å²) in [6, 6.07) is 7.85. The van der Waals surface area contributed by atoms with Crippen LogP contribution in [0.3, 0.4) is 0 Å². The molecule has 2 rings (SSSR count). The fourth-order valence-electron chi connectivity index (χ4n) is 2.66. The van der Waals surface area contributed by atoms with Crippen molar-refractivity contribution in [2.75, 3.05) is 5.32 Å². The second kappa shape index (κ2) is 8.18. The molecule has 0 unspecified atom stereocenters. The van der Waals surface area contributed by atoms with Gasteiger partial charge in [-0.25, -0.2) is 4.79 Å². The Bertz CT molecular complexity index is 924. The van der Waals surface area contributed by atoms with Crippen LogP contribution < -0.4 is 11.1 Å². The molecule has 1 heterocycles. The molecule has 6 nitrogen and oxygen atoms in total. The third kappa shape index (κ3) is 4.62. The van der Waals surface area contributed by atoms with E-state index in [2.05, 4.69) is 19.2 Å². The fourth-order valence-corrected chi connectivity index (χ4v) is 3.74. The summed E-state index contributed by atoms with van der Waals surface area (Å²) in [6.45, 7) is 7.36. The lowest BCUT2D eigenvalue weighted by Crippen LogP contribution is -2.16. The molecule has 0 bridgehead atoms. The van der Waals surface area contributed by atoms with Gasteiger partial charge in [0.05, 0.1) is 5.56 Å². The zero-order chi connectivity index (χ0) is 20.3. The van der Waals surface area contributed by atoms with Gasteiger partial charge in [0, 0.05) is 22.1 Å². The van der Waals surface area contributed by atoms with E-state index in [-0.39, 0.29) is 11.1 Å². The highest BCUT2D eigenvalue weighted by atomic mass is 32.1. The molecule has 7 heteroatoms. The molecule has 4 N–H and O–H groups in total.